The number of sulfonamides is 1. The number of hydrazine groups is 1. The van der Waals surface area contributed by atoms with E-state index >= 15 is 0 Å². The van der Waals surface area contributed by atoms with E-state index in [0.717, 1.165) is 25.1 Å². The smallest absolute Gasteiger partial charge is 0.239 e. The van der Waals surface area contributed by atoms with Crippen LogP contribution in [0.1, 0.15) is 29.0 Å². The highest BCUT2D eigenvalue weighted by molar-refractivity contribution is 7.89. The van der Waals surface area contributed by atoms with Gasteiger partial charge in [0.25, 0.3) is 0 Å². The van der Waals surface area contributed by atoms with Crippen molar-refractivity contribution in [3.63, 3.8) is 0 Å². The van der Waals surface area contributed by atoms with Crippen LogP contribution in [0.2, 0.25) is 0 Å². The molecule has 2 aromatic carbocycles. The molecule has 1 fully saturated rings. The van der Waals surface area contributed by atoms with Crippen LogP contribution in [0.3, 0.4) is 0 Å². The number of nitrogens with zero attached hydrogens (tertiary/aromatic N) is 1. The van der Waals surface area contributed by atoms with Crippen molar-refractivity contribution in [1.29, 1.82) is 0 Å². The third-order valence-electron chi connectivity index (χ3n) is 4.83. The maximum atomic E-state index is 12.2. The summed E-state index contributed by atoms with van der Waals surface area (Å²) in [6.45, 7) is 3.64. The van der Waals surface area contributed by atoms with Gasteiger partial charge in [0.15, 0.2) is 5.84 Å². The van der Waals surface area contributed by atoms with E-state index in [4.69, 9.17) is 16.7 Å². The van der Waals surface area contributed by atoms with Gasteiger partial charge in [0.05, 0.1) is 4.90 Å². The minimum atomic E-state index is -4.02. The van der Waals surface area contributed by atoms with E-state index < -0.39 is 10.0 Å². The van der Waals surface area contributed by atoms with Crippen LogP contribution in [0, 0.1) is 6.92 Å². The molecular weight excluding hydrogens is 364 g/mol. The lowest BCUT2D eigenvalue weighted by atomic mass is 9.93. The number of benzene rings is 2. The molecule has 1 aliphatic heterocycles. The van der Waals surface area contributed by atoms with Gasteiger partial charge in [0.2, 0.25) is 10.0 Å². The number of aryl methyl sites for hydroxylation is 1. The largest absolute Gasteiger partial charge is 0.382 e. The van der Waals surface area contributed by atoms with Crippen molar-refractivity contribution >= 4 is 15.9 Å². The molecule has 0 aliphatic carbocycles. The molecule has 0 radical (unpaired) electrons. The van der Waals surface area contributed by atoms with E-state index in [0.29, 0.717) is 17.0 Å². The lowest BCUT2D eigenvalue weighted by molar-refractivity contribution is 0.597. The lowest BCUT2D eigenvalue weighted by Gasteiger charge is -2.17. The number of rotatable bonds is 5. The van der Waals surface area contributed by atoms with Gasteiger partial charge in [0.1, 0.15) is 0 Å². The number of nitrogens with two attached hydrogens (primary N) is 3. The molecule has 0 aromatic heterocycles. The summed E-state index contributed by atoms with van der Waals surface area (Å²) in [6.07, 6.45) is 1.10. The summed E-state index contributed by atoms with van der Waals surface area (Å²) in [5.41, 5.74) is 11.5. The van der Waals surface area contributed by atoms with Gasteiger partial charge in [-0.1, -0.05) is 36.4 Å². The number of hydrogen-bond acceptors (Lipinski definition) is 6. The zero-order chi connectivity index (χ0) is 19.6. The van der Waals surface area contributed by atoms with E-state index in [1.165, 1.54) is 5.56 Å². The molecule has 0 amide bonds. The summed E-state index contributed by atoms with van der Waals surface area (Å²) in [4.78, 5) is -0.0550. The summed E-state index contributed by atoms with van der Waals surface area (Å²) < 4.78 is 24.4. The molecule has 0 bridgehead atoms. The van der Waals surface area contributed by atoms with E-state index in [1.807, 2.05) is 18.2 Å². The van der Waals surface area contributed by atoms with Crippen LogP contribution in [-0.2, 0) is 10.0 Å². The standard InChI is InChI=1S/C18H24N6O2S/c1-11-2-7-15(16(18(19)23-24-20)17(11)27(21,25)26)13-5-3-12(4-6-13)14-8-9-22-10-14/h2-7,14,22,24H,8-10,20H2,1H3,(H2,19,23)(H2,21,25,26). The fourth-order valence-corrected chi connectivity index (χ4v) is 4.56. The van der Waals surface area contributed by atoms with Crippen LogP contribution in [0.4, 0.5) is 0 Å². The van der Waals surface area contributed by atoms with Crippen molar-refractivity contribution < 1.29 is 8.42 Å². The van der Waals surface area contributed by atoms with Gasteiger partial charge in [-0.25, -0.2) is 24.9 Å². The first-order valence-electron chi connectivity index (χ1n) is 8.59. The first kappa shape index (κ1) is 19.3. The molecular formula is C18H24N6O2S. The Morgan fingerprint density at radius 3 is 2.48 bits per heavy atom. The molecule has 2 aromatic rings. The van der Waals surface area contributed by atoms with Crippen LogP contribution >= 0.6 is 0 Å². The van der Waals surface area contributed by atoms with Crippen LogP contribution in [-0.4, -0.2) is 27.3 Å². The van der Waals surface area contributed by atoms with Crippen molar-refractivity contribution in [2.75, 3.05) is 13.1 Å². The van der Waals surface area contributed by atoms with Gasteiger partial charge in [-0.3, -0.25) is 0 Å². The summed E-state index contributed by atoms with van der Waals surface area (Å²) in [6, 6.07) is 11.5. The quantitative estimate of drug-likeness (QED) is 0.218. The average Bonchev–Trinajstić information content (AvgIpc) is 3.15. The first-order valence-corrected chi connectivity index (χ1v) is 10.1. The van der Waals surface area contributed by atoms with Crippen molar-refractivity contribution in [3.05, 3.63) is 53.1 Å². The average molecular weight is 388 g/mol. The molecule has 1 aliphatic rings. The van der Waals surface area contributed by atoms with Crippen LogP contribution in [0.15, 0.2) is 46.4 Å². The minimum absolute atomic E-state index is 0.0516. The lowest BCUT2D eigenvalue weighted by Crippen LogP contribution is -2.27. The van der Waals surface area contributed by atoms with E-state index in [1.54, 1.807) is 13.0 Å². The van der Waals surface area contributed by atoms with Crippen LogP contribution in [0.5, 0.6) is 0 Å². The van der Waals surface area contributed by atoms with E-state index in [2.05, 4.69) is 28.1 Å². The molecule has 144 valence electrons. The van der Waals surface area contributed by atoms with Crippen molar-refractivity contribution in [1.82, 2.24) is 10.9 Å². The van der Waals surface area contributed by atoms with E-state index in [9.17, 15) is 8.42 Å². The number of nitrogens with one attached hydrogen (secondary N) is 2. The number of primary sulfonamides is 1. The predicted octanol–water partition coefficient (Wildman–Crippen LogP) is 0.470. The molecule has 1 atom stereocenters. The Hall–Kier alpha value is -2.46. The second-order valence-electron chi connectivity index (χ2n) is 6.62. The molecule has 1 unspecified atom stereocenters. The monoisotopic (exact) mass is 388 g/mol. The van der Waals surface area contributed by atoms with Crippen LogP contribution in [0.25, 0.3) is 11.1 Å². The van der Waals surface area contributed by atoms with Crippen molar-refractivity contribution in [2.24, 2.45) is 21.8 Å². The molecule has 0 spiro atoms. The van der Waals surface area contributed by atoms with Crippen molar-refractivity contribution in [3.8, 4) is 11.1 Å². The SMILES string of the molecule is Cc1ccc(-c2ccc(C3CCNC3)cc2)c(/C(N)=N/NN)c1S(N)(=O)=O. The fourth-order valence-electron chi connectivity index (χ4n) is 3.55. The highest BCUT2D eigenvalue weighted by Gasteiger charge is 2.24. The molecule has 8 N–H and O–H groups in total. The van der Waals surface area contributed by atoms with Gasteiger partial charge >= 0.3 is 0 Å². The summed E-state index contributed by atoms with van der Waals surface area (Å²) in [5.74, 6) is 5.68. The maximum absolute atomic E-state index is 12.2. The Bertz CT molecular complexity index is 964. The molecule has 1 saturated heterocycles. The fraction of sp³-hybridized carbons (Fsp3) is 0.278. The third-order valence-corrected chi connectivity index (χ3v) is 5.93. The Labute approximate surface area is 158 Å². The molecule has 0 saturated carbocycles. The van der Waals surface area contributed by atoms with Gasteiger partial charge in [-0.2, -0.15) is 0 Å². The molecule has 8 nitrogen and oxygen atoms in total. The zero-order valence-electron chi connectivity index (χ0n) is 15.1. The molecule has 9 heteroatoms. The Kier molecular flexibility index (Phi) is 5.47. The Morgan fingerprint density at radius 1 is 1.22 bits per heavy atom. The van der Waals surface area contributed by atoms with Crippen molar-refractivity contribution in [2.45, 2.75) is 24.2 Å². The normalized spacial score (nSPS) is 17.9. The molecule has 1 heterocycles. The third kappa shape index (κ3) is 3.96. The van der Waals surface area contributed by atoms with E-state index in [-0.39, 0.29) is 16.3 Å². The number of hydrogen-bond donors (Lipinski definition) is 5. The maximum Gasteiger partial charge on any atom is 0.239 e. The van der Waals surface area contributed by atoms with Gasteiger partial charge in [-0.05, 0) is 48.1 Å². The second-order valence-corrected chi connectivity index (χ2v) is 8.12. The Morgan fingerprint density at radius 2 is 1.93 bits per heavy atom. The highest BCUT2D eigenvalue weighted by Crippen LogP contribution is 2.32. The predicted molar refractivity (Wildman–Crippen MR) is 106 cm³/mol. The number of amidine groups is 1. The summed E-state index contributed by atoms with van der Waals surface area (Å²) >= 11 is 0. The van der Waals surface area contributed by atoms with Gasteiger partial charge < -0.3 is 11.1 Å². The Balaban J connectivity index is 2.16. The van der Waals surface area contributed by atoms with Gasteiger partial charge in [-0.15, -0.1) is 5.10 Å². The number of hydrazone groups is 1. The first-order chi connectivity index (χ1) is 12.8. The molecule has 27 heavy (non-hydrogen) atoms. The minimum Gasteiger partial charge on any atom is -0.382 e. The molecule has 3 rings (SSSR count). The second kappa shape index (κ2) is 7.65. The topological polar surface area (TPSA) is 149 Å². The van der Waals surface area contributed by atoms with Crippen LogP contribution < -0.4 is 27.6 Å². The summed E-state index contributed by atoms with van der Waals surface area (Å²) in [7, 11) is -4.02. The zero-order valence-corrected chi connectivity index (χ0v) is 15.9. The van der Waals surface area contributed by atoms with Gasteiger partial charge in [0, 0.05) is 12.1 Å². The highest BCUT2D eigenvalue weighted by atomic mass is 32.2. The summed E-state index contributed by atoms with van der Waals surface area (Å²) in [5, 5.41) is 12.6.